The van der Waals surface area contributed by atoms with Crippen molar-refractivity contribution in [3.63, 3.8) is 0 Å². The van der Waals surface area contributed by atoms with Crippen LogP contribution in [-0.4, -0.2) is 5.97 Å². The second-order valence-electron chi connectivity index (χ2n) is 0.492. The molecule has 0 amide bonds. The summed E-state index contributed by atoms with van der Waals surface area (Å²) in [5.74, 6) is -1.08. The molecule has 0 N–H and O–H groups in total. The van der Waals surface area contributed by atoms with E-state index in [2.05, 4.69) is 0 Å². The molecule has 2 nitrogen and oxygen atoms in total. The molecule has 0 heterocycles. The maximum atomic E-state index is 8.89. The van der Waals surface area contributed by atoms with Crippen molar-refractivity contribution in [2.45, 2.75) is 6.92 Å². The molecule has 0 bridgehead atoms. The predicted molar refractivity (Wildman–Crippen MR) is 10.7 cm³/mol. The Morgan fingerprint density at radius 1 is 1.80 bits per heavy atom. The van der Waals surface area contributed by atoms with Gasteiger partial charge in [0.15, 0.2) is 0 Å². The Hall–Kier alpha value is 0.353. The minimum atomic E-state index is -1.08. The largest absolute Gasteiger partial charge is 0.550 e. The summed E-state index contributed by atoms with van der Waals surface area (Å²) in [7, 11) is 0. The van der Waals surface area contributed by atoms with Crippen LogP contribution < -0.4 is 5.11 Å². The maximum Gasteiger partial charge on any atom is 0.0383 e. The van der Waals surface area contributed by atoms with Crippen LogP contribution in [0.2, 0.25) is 0 Å². The third-order valence-electron chi connectivity index (χ3n) is 0. The Kier molecular flexibility index (Phi) is 7.85. The molecule has 0 aromatic carbocycles. The molecule has 0 atom stereocenters. The van der Waals surface area contributed by atoms with Crippen molar-refractivity contribution >= 4 is 5.97 Å². The molecule has 0 aromatic heterocycles. The molecular formula is C2H3O2Zr-. The van der Waals surface area contributed by atoms with Crippen LogP contribution in [0.4, 0.5) is 0 Å². The first kappa shape index (κ1) is 9.02. The van der Waals surface area contributed by atoms with E-state index in [1.165, 1.54) is 0 Å². The summed E-state index contributed by atoms with van der Waals surface area (Å²) < 4.78 is 0. The Balaban J connectivity index is 0. The molecule has 0 radical (unpaired) electrons. The first-order chi connectivity index (χ1) is 1.73. The van der Waals surface area contributed by atoms with Crippen LogP contribution >= 0.6 is 0 Å². The van der Waals surface area contributed by atoms with Crippen LogP contribution in [0.3, 0.4) is 0 Å². The molecule has 0 aromatic rings. The third kappa shape index (κ3) is 193. The van der Waals surface area contributed by atoms with Gasteiger partial charge >= 0.3 is 0 Å². The SMILES string of the molecule is CC(=O)[O-].[Zr]. The van der Waals surface area contributed by atoms with Crippen LogP contribution in [-0.2, 0) is 31.0 Å². The van der Waals surface area contributed by atoms with Crippen LogP contribution in [0.1, 0.15) is 6.92 Å². The fourth-order valence-electron chi connectivity index (χ4n) is 0. The average molecular weight is 150 g/mol. The second-order valence-corrected chi connectivity index (χ2v) is 0.492. The van der Waals surface area contributed by atoms with Gasteiger partial charge in [0, 0.05) is 32.2 Å². The van der Waals surface area contributed by atoms with Crippen LogP contribution in [0.5, 0.6) is 0 Å². The Morgan fingerprint density at radius 2 is 1.80 bits per heavy atom. The fraction of sp³-hybridized carbons (Fsp3) is 0.500. The van der Waals surface area contributed by atoms with Gasteiger partial charge in [0.1, 0.15) is 0 Å². The van der Waals surface area contributed by atoms with E-state index < -0.39 is 5.97 Å². The Labute approximate surface area is 49.3 Å². The Morgan fingerprint density at radius 3 is 1.80 bits per heavy atom. The van der Waals surface area contributed by atoms with E-state index in [0.717, 1.165) is 6.92 Å². The molecule has 0 fully saturated rings. The molecule has 0 aliphatic rings. The maximum absolute atomic E-state index is 8.89. The summed E-state index contributed by atoms with van der Waals surface area (Å²) >= 11 is 0. The summed E-state index contributed by atoms with van der Waals surface area (Å²) in [4.78, 5) is 8.89. The molecule has 3 heteroatoms. The molecule has 0 rings (SSSR count). The Bertz CT molecular complexity index is 30.6. The first-order valence-electron chi connectivity index (χ1n) is 0.908. The zero-order valence-electron chi connectivity index (χ0n) is 2.82. The number of carbonyl (C=O) groups is 1. The van der Waals surface area contributed by atoms with Crippen molar-refractivity contribution < 1.29 is 36.1 Å². The molecule has 0 aliphatic heterocycles. The number of carboxylic acids is 1. The smallest absolute Gasteiger partial charge is 0.0383 e. The molecule has 0 saturated heterocycles. The van der Waals surface area contributed by atoms with Gasteiger partial charge in [0.05, 0.1) is 0 Å². The standard InChI is InChI=1S/C2H4O2.Zr/c1-2(3)4;/h1H3,(H,3,4);/p-1. The van der Waals surface area contributed by atoms with E-state index in [0.29, 0.717) is 0 Å². The van der Waals surface area contributed by atoms with Crippen molar-refractivity contribution in [1.82, 2.24) is 0 Å². The average Bonchev–Trinajstić information content (AvgIpc) is 0.811. The molecule has 0 saturated carbocycles. The van der Waals surface area contributed by atoms with Gasteiger partial charge in [-0.1, -0.05) is 0 Å². The van der Waals surface area contributed by atoms with Crippen molar-refractivity contribution in [3.05, 3.63) is 0 Å². The van der Waals surface area contributed by atoms with Gasteiger partial charge in [-0.2, -0.15) is 0 Å². The van der Waals surface area contributed by atoms with E-state index in [-0.39, 0.29) is 26.2 Å². The monoisotopic (exact) mass is 149 g/mol. The fourth-order valence-corrected chi connectivity index (χ4v) is 0. The van der Waals surface area contributed by atoms with Gasteiger partial charge in [-0.3, -0.25) is 0 Å². The number of hydrogen-bond donors (Lipinski definition) is 0. The summed E-state index contributed by atoms with van der Waals surface area (Å²) in [6, 6.07) is 0. The molecule has 0 aliphatic carbocycles. The van der Waals surface area contributed by atoms with Gasteiger partial charge in [-0.05, 0) is 6.92 Å². The zero-order chi connectivity index (χ0) is 3.58. The van der Waals surface area contributed by atoms with Crippen LogP contribution in [0, 0.1) is 0 Å². The summed E-state index contributed by atoms with van der Waals surface area (Å²) in [6.07, 6.45) is 0. The zero-order valence-corrected chi connectivity index (χ0v) is 5.27. The number of carboxylic acid groups (broad SMARTS) is 1. The number of hydrogen-bond acceptors (Lipinski definition) is 2. The number of carbonyl (C=O) groups excluding carboxylic acids is 1. The molecule has 0 unspecified atom stereocenters. The molecular weight excluding hydrogens is 147 g/mol. The second kappa shape index (κ2) is 4.35. The van der Waals surface area contributed by atoms with E-state index in [1.807, 2.05) is 0 Å². The summed E-state index contributed by atoms with van der Waals surface area (Å²) in [5, 5.41) is 8.89. The van der Waals surface area contributed by atoms with E-state index in [9.17, 15) is 0 Å². The van der Waals surface area contributed by atoms with Crippen molar-refractivity contribution in [1.29, 1.82) is 0 Å². The van der Waals surface area contributed by atoms with Crippen molar-refractivity contribution in [2.24, 2.45) is 0 Å². The quantitative estimate of drug-likeness (QED) is 0.433. The van der Waals surface area contributed by atoms with Crippen LogP contribution in [0.15, 0.2) is 0 Å². The van der Waals surface area contributed by atoms with E-state index >= 15 is 0 Å². The number of aliphatic carboxylic acids is 1. The first-order valence-corrected chi connectivity index (χ1v) is 0.908. The minimum absolute atomic E-state index is 0. The van der Waals surface area contributed by atoms with Gasteiger partial charge in [0.2, 0.25) is 0 Å². The minimum Gasteiger partial charge on any atom is -0.550 e. The van der Waals surface area contributed by atoms with Gasteiger partial charge < -0.3 is 9.90 Å². The summed E-state index contributed by atoms with van der Waals surface area (Å²) in [6.45, 7) is 0.972. The molecule has 0 spiro atoms. The molecule has 28 valence electrons. The normalized spacial score (nSPS) is 5.00. The molecule has 5 heavy (non-hydrogen) atoms. The topological polar surface area (TPSA) is 40.1 Å². The number of rotatable bonds is 0. The van der Waals surface area contributed by atoms with Gasteiger partial charge in [-0.15, -0.1) is 0 Å². The van der Waals surface area contributed by atoms with E-state index in [1.54, 1.807) is 0 Å². The van der Waals surface area contributed by atoms with Crippen molar-refractivity contribution in [3.8, 4) is 0 Å². The predicted octanol–water partition coefficient (Wildman–Crippen LogP) is -1.25. The van der Waals surface area contributed by atoms with Crippen LogP contribution in [0.25, 0.3) is 0 Å². The van der Waals surface area contributed by atoms with E-state index in [4.69, 9.17) is 9.90 Å². The van der Waals surface area contributed by atoms with Gasteiger partial charge in [-0.25, -0.2) is 0 Å². The van der Waals surface area contributed by atoms with Crippen molar-refractivity contribution in [2.75, 3.05) is 0 Å². The third-order valence-corrected chi connectivity index (χ3v) is 0. The van der Waals surface area contributed by atoms with Gasteiger partial charge in [0.25, 0.3) is 0 Å². The summed E-state index contributed by atoms with van der Waals surface area (Å²) in [5.41, 5.74) is 0.